The Labute approximate surface area is 348 Å². The van der Waals surface area contributed by atoms with Gasteiger partial charge in [-0.2, -0.15) is 0 Å². The number of amides is 2. The van der Waals surface area contributed by atoms with E-state index in [1.54, 1.807) is 24.3 Å². The molecule has 60 heavy (non-hydrogen) atoms. The third-order valence-electron chi connectivity index (χ3n) is 11.3. The highest BCUT2D eigenvalue weighted by atomic mass is 16.5. The lowest BCUT2D eigenvalue weighted by Gasteiger charge is -2.34. The van der Waals surface area contributed by atoms with Crippen LogP contribution in [0.2, 0.25) is 0 Å². The number of pyridine rings is 2. The molecule has 314 valence electrons. The van der Waals surface area contributed by atoms with Crippen molar-refractivity contribution >= 4 is 34.6 Å². The number of anilines is 1. The quantitative estimate of drug-likeness (QED) is 0.0835. The van der Waals surface area contributed by atoms with Crippen molar-refractivity contribution in [1.29, 1.82) is 0 Å². The second-order valence-electron chi connectivity index (χ2n) is 15.5. The predicted octanol–water partition coefficient (Wildman–Crippen LogP) is 5.55. The van der Waals surface area contributed by atoms with Gasteiger partial charge in [0.15, 0.2) is 0 Å². The van der Waals surface area contributed by atoms with Crippen LogP contribution in [0.15, 0.2) is 102 Å². The number of rotatable bonds is 15. The lowest BCUT2D eigenvalue weighted by atomic mass is 9.97. The van der Waals surface area contributed by atoms with Crippen LogP contribution in [0.1, 0.15) is 55.0 Å². The van der Waals surface area contributed by atoms with Crippen LogP contribution < -0.4 is 16.2 Å². The van der Waals surface area contributed by atoms with Gasteiger partial charge in [-0.1, -0.05) is 60.7 Å². The van der Waals surface area contributed by atoms with Crippen molar-refractivity contribution in [3.63, 3.8) is 0 Å². The number of phenols is 1. The number of carbonyl (C=O) groups is 3. The Morgan fingerprint density at radius 2 is 1.65 bits per heavy atom. The summed E-state index contributed by atoms with van der Waals surface area (Å²) in [6.45, 7) is 4.31. The molecule has 0 saturated carbocycles. The molecule has 2 fully saturated rings. The number of benzene rings is 3. The molecule has 2 aromatic heterocycles. The van der Waals surface area contributed by atoms with E-state index in [1.807, 2.05) is 59.5 Å². The molecular weight excluding hydrogens is 765 g/mol. The second-order valence-corrected chi connectivity index (χ2v) is 15.5. The van der Waals surface area contributed by atoms with Crippen molar-refractivity contribution in [3.05, 3.63) is 124 Å². The van der Waals surface area contributed by atoms with Crippen molar-refractivity contribution in [3.8, 4) is 16.9 Å². The van der Waals surface area contributed by atoms with E-state index in [0.29, 0.717) is 54.9 Å². The second kappa shape index (κ2) is 20.2. The van der Waals surface area contributed by atoms with Crippen LogP contribution in [0, 0.1) is 5.92 Å². The highest BCUT2D eigenvalue weighted by Crippen LogP contribution is 2.29. The monoisotopic (exact) mass is 816 g/mol. The zero-order valence-electron chi connectivity index (χ0n) is 33.6. The maximum absolute atomic E-state index is 13.1. The molecular formula is C46H52N6O8. The fraction of sp³-hybridized carbons (Fsp3) is 0.370. The molecule has 7 rings (SSSR count). The van der Waals surface area contributed by atoms with Gasteiger partial charge in [-0.3, -0.25) is 24.7 Å². The fourth-order valence-corrected chi connectivity index (χ4v) is 7.92. The van der Waals surface area contributed by atoms with E-state index >= 15 is 0 Å². The summed E-state index contributed by atoms with van der Waals surface area (Å²) in [6.07, 6.45) is 3.63. The topological polar surface area (TPSA) is 186 Å². The minimum Gasteiger partial charge on any atom is -0.506 e. The number of hydrogen-bond donors (Lipinski definition) is 5. The van der Waals surface area contributed by atoms with Crippen molar-refractivity contribution in [2.75, 3.05) is 51.2 Å². The molecule has 2 amide bonds. The molecule has 5 aromatic rings. The largest absolute Gasteiger partial charge is 0.506 e. The van der Waals surface area contributed by atoms with Gasteiger partial charge >= 0.3 is 12.1 Å². The van der Waals surface area contributed by atoms with Crippen LogP contribution in [0.25, 0.3) is 22.0 Å². The molecule has 1 atom stereocenters. The summed E-state index contributed by atoms with van der Waals surface area (Å²) in [7, 11) is 0. The van der Waals surface area contributed by atoms with Crippen LogP contribution in [-0.2, 0) is 32.0 Å². The number of ether oxygens (including phenoxy) is 2. The molecule has 2 saturated heterocycles. The summed E-state index contributed by atoms with van der Waals surface area (Å²) in [4.78, 5) is 61.3. The molecule has 4 heterocycles. The Hall–Kier alpha value is -6.09. The fourth-order valence-electron chi connectivity index (χ4n) is 7.92. The lowest BCUT2D eigenvalue weighted by molar-refractivity contribution is -0.150. The number of fused-ring (bicyclic) bond motifs is 1. The first kappa shape index (κ1) is 42.0. The normalized spacial score (nSPS) is 15.7. The Balaban J connectivity index is 0.743. The summed E-state index contributed by atoms with van der Waals surface area (Å²) in [6, 6.07) is 27.5. The number of aromatic amines is 1. The van der Waals surface area contributed by atoms with Crippen molar-refractivity contribution in [2.24, 2.45) is 5.92 Å². The van der Waals surface area contributed by atoms with Gasteiger partial charge in [-0.15, -0.1) is 0 Å². The van der Waals surface area contributed by atoms with Crippen LogP contribution >= 0.6 is 0 Å². The minimum atomic E-state index is -0.898. The number of aliphatic hydroxyl groups excluding tert-OH is 1. The van der Waals surface area contributed by atoms with E-state index in [4.69, 9.17) is 9.47 Å². The molecule has 5 N–H and O–H groups in total. The number of nitrogens with one attached hydrogen (secondary N) is 3. The highest BCUT2D eigenvalue weighted by molar-refractivity contribution is 5.87. The minimum absolute atomic E-state index is 0.0701. The smallest absolute Gasteiger partial charge is 0.411 e. The molecule has 0 aliphatic carbocycles. The number of esters is 1. The lowest BCUT2D eigenvalue weighted by Crippen LogP contribution is -2.43. The Morgan fingerprint density at radius 3 is 2.42 bits per heavy atom. The first-order chi connectivity index (χ1) is 29.2. The predicted molar refractivity (Wildman–Crippen MR) is 227 cm³/mol. The number of piperidine rings is 2. The van der Waals surface area contributed by atoms with Crippen LogP contribution in [0.3, 0.4) is 0 Å². The number of H-pyrrole nitrogens is 1. The van der Waals surface area contributed by atoms with Gasteiger partial charge in [-0.05, 0) is 78.1 Å². The molecule has 2 aliphatic heterocycles. The number of aromatic nitrogens is 2. The van der Waals surface area contributed by atoms with E-state index in [9.17, 15) is 29.4 Å². The standard InChI is InChI=1S/C46H52N6O8/c53-40-14-12-38(39-13-15-42(55)50-45(39)40)41(54)29-47-27-34-10-11-35(28-48-34)49-46(58)59-30-31-16-24-52(25-17-31)43(56)20-23-51-21-18-36(19-22-51)60-44(57)26-33-8-4-5-9-37(33)32-6-2-1-3-7-32/h1-15,28,31,36,41,47,53-54H,16-27,29-30H2,(H,49,58)(H,50,55)/t41-/m0/s1. The summed E-state index contributed by atoms with van der Waals surface area (Å²) < 4.78 is 11.4. The zero-order chi connectivity index (χ0) is 41.8. The third kappa shape index (κ3) is 11.3. The van der Waals surface area contributed by atoms with Gasteiger partial charge in [0, 0.05) is 63.7 Å². The van der Waals surface area contributed by atoms with E-state index in [1.165, 1.54) is 18.3 Å². The number of phenolic OH excluding ortho intramolecular Hbond substituents is 1. The molecule has 14 nitrogen and oxygen atoms in total. The molecule has 0 spiro atoms. The number of nitrogens with zero attached hydrogens (tertiary/aromatic N) is 3. The van der Waals surface area contributed by atoms with Crippen molar-refractivity contribution < 1.29 is 34.1 Å². The third-order valence-corrected chi connectivity index (χ3v) is 11.3. The maximum Gasteiger partial charge on any atom is 0.411 e. The molecule has 14 heteroatoms. The Morgan fingerprint density at radius 1 is 0.883 bits per heavy atom. The maximum atomic E-state index is 13.1. The average Bonchev–Trinajstić information content (AvgIpc) is 3.27. The van der Waals surface area contributed by atoms with E-state index < -0.39 is 12.2 Å². The molecule has 0 radical (unpaired) electrons. The van der Waals surface area contributed by atoms with E-state index in [-0.39, 0.29) is 60.3 Å². The van der Waals surface area contributed by atoms with Crippen molar-refractivity contribution in [1.82, 2.24) is 25.1 Å². The zero-order valence-corrected chi connectivity index (χ0v) is 33.6. The van der Waals surface area contributed by atoms with Gasteiger partial charge < -0.3 is 39.8 Å². The molecule has 0 bridgehead atoms. The summed E-state index contributed by atoms with van der Waals surface area (Å²) in [5.74, 6) is 0.00959. The number of hydrogen-bond acceptors (Lipinski definition) is 11. The molecule has 0 unspecified atom stereocenters. The number of likely N-dealkylation sites (tertiary alicyclic amines) is 2. The summed E-state index contributed by atoms with van der Waals surface area (Å²) in [5.41, 5.74) is 4.75. The Kier molecular flexibility index (Phi) is 14.2. The summed E-state index contributed by atoms with van der Waals surface area (Å²) >= 11 is 0. The number of carbonyl (C=O) groups excluding carboxylic acids is 3. The van der Waals surface area contributed by atoms with Crippen LogP contribution in [0.4, 0.5) is 10.5 Å². The molecule has 2 aliphatic rings. The Bertz CT molecular complexity index is 2290. The van der Waals surface area contributed by atoms with Gasteiger partial charge in [0.25, 0.3) is 0 Å². The van der Waals surface area contributed by atoms with Gasteiger partial charge in [-0.25, -0.2) is 4.79 Å². The number of aliphatic hydroxyl groups is 1. The van der Waals surface area contributed by atoms with Crippen LogP contribution in [0.5, 0.6) is 5.75 Å². The average molecular weight is 817 g/mol. The van der Waals surface area contributed by atoms with Crippen molar-refractivity contribution in [2.45, 2.75) is 57.3 Å². The first-order valence-electron chi connectivity index (χ1n) is 20.6. The first-order valence-corrected chi connectivity index (χ1v) is 20.6. The summed E-state index contributed by atoms with van der Waals surface area (Å²) in [5, 5.41) is 27.3. The van der Waals surface area contributed by atoms with E-state index in [2.05, 4.69) is 25.5 Å². The number of aromatic hydroxyl groups is 1. The van der Waals surface area contributed by atoms with Gasteiger partial charge in [0.2, 0.25) is 11.5 Å². The SMILES string of the molecule is O=C(Cc1ccccc1-c1ccccc1)OC1CCN(CCC(=O)N2CCC(COC(=O)Nc3ccc(CNC[C@H](O)c4ccc(O)c5[nH]c(=O)ccc45)nc3)CC2)CC1. The van der Waals surface area contributed by atoms with Crippen LogP contribution in [-0.4, -0.2) is 99.9 Å². The van der Waals surface area contributed by atoms with Gasteiger partial charge in [0.05, 0.1) is 42.2 Å². The van der Waals surface area contributed by atoms with E-state index in [0.717, 1.165) is 55.5 Å². The molecule has 3 aromatic carbocycles. The van der Waals surface area contributed by atoms with Gasteiger partial charge in [0.1, 0.15) is 11.9 Å². The highest BCUT2D eigenvalue weighted by Gasteiger charge is 2.27.